The van der Waals surface area contributed by atoms with Gasteiger partial charge in [0.25, 0.3) is 0 Å². The first-order valence-electron chi connectivity index (χ1n) is 4.31. The van der Waals surface area contributed by atoms with Gasteiger partial charge in [0.15, 0.2) is 0 Å². The molecule has 1 rings (SSSR count). The molecule has 0 spiro atoms. The molecule has 1 heteroatoms. The van der Waals surface area contributed by atoms with E-state index in [9.17, 15) is 4.79 Å². The molecule has 1 fully saturated rings. The van der Waals surface area contributed by atoms with Crippen molar-refractivity contribution in [2.24, 2.45) is 5.92 Å². The first kappa shape index (κ1) is 8.33. The molecule has 11 heavy (non-hydrogen) atoms. The summed E-state index contributed by atoms with van der Waals surface area (Å²) >= 11 is 0. The van der Waals surface area contributed by atoms with E-state index in [4.69, 9.17) is 6.42 Å². The molecule has 0 aliphatic heterocycles. The van der Waals surface area contributed by atoms with Crippen molar-refractivity contribution in [1.82, 2.24) is 0 Å². The van der Waals surface area contributed by atoms with Gasteiger partial charge in [-0.25, -0.2) is 0 Å². The van der Waals surface area contributed by atoms with Crippen LogP contribution in [0.2, 0.25) is 0 Å². The molecule has 1 nitrogen and oxygen atoms in total. The number of terminal acetylenes is 1. The van der Waals surface area contributed by atoms with Crippen LogP contribution in [0.4, 0.5) is 0 Å². The van der Waals surface area contributed by atoms with Gasteiger partial charge < -0.3 is 0 Å². The summed E-state index contributed by atoms with van der Waals surface area (Å²) in [6.07, 6.45) is 11.0. The fourth-order valence-corrected chi connectivity index (χ4v) is 1.59. The fourth-order valence-electron chi connectivity index (χ4n) is 1.59. The molecule has 1 atom stereocenters. The van der Waals surface area contributed by atoms with Crippen LogP contribution in [0.25, 0.3) is 0 Å². The molecule has 1 unspecified atom stereocenters. The van der Waals surface area contributed by atoms with E-state index in [1.165, 1.54) is 12.8 Å². The first-order chi connectivity index (χ1) is 5.34. The predicted molar refractivity (Wildman–Crippen MR) is 45.0 cm³/mol. The Bertz CT molecular complexity index is 176. The van der Waals surface area contributed by atoms with E-state index in [1.807, 2.05) is 0 Å². The molecule has 0 amide bonds. The van der Waals surface area contributed by atoms with Crippen molar-refractivity contribution >= 4 is 5.78 Å². The van der Waals surface area contributed by atoms with Crippen LogP contribution in [0.15, 0.2) is 0 Å². The Balaban J connectivity index is 2.47. The van der Waals surface area contributed by atoms with Crippen molar-refractivity contribution in [3.05, 3.63) is 0 Å². The van der Waals surface area contributed by atoms with E-state index in [0.717, 1.165) is 19.3 Å². The van der Waals surface area contributed by atoms with Gasteiger partial charge in [0, 0.05) is 18.8 Å². The van der Waals surface area contributed by atoms with E-state index in [2.05, 4.69) is 5.92 Å². The van der Waals surface area contributed by atoms with Gasteiger partial charge >= 0.3 is 0 Å². The summed E-state index contributed by atoms with van der Waals surface area (Å²) in [5.41, 5.74) is 0. The lowest BCUT2D eigenvalue weighted by Crippen LogP contribution is -2.11. The molecule has 0 aromatic rings. The highest BCUT2D eigenvalue weighted by Crippen LogP contribution is 2.21. The molecule has 0 bridgehead atoms. The third kappa shape index (κ3) is 2.38. The maximum absolute atomic E-state index is 11.3. The molecule has 1 saturated carbocycles. The lowest BCUT2D eigenvalue weighted by atomic mass is 9.96. The Morgan fingerprint density at radius 1 is 1.45 bits per heavy atom. The zero-order chi connectivity index (χ0) is 8.10. The third-order valence-corrected chi connectivity index (χ3v) is 2.30. The highest BCUT2D eigenvalue weighted by Gasteiger charge is 2.18. The molecule has 0 aromatic carbocycles. The van der Waals surface area contributed by atoms with Crippen LogP contribution in [0.3, 0.4) is 0 Å². The SMILES string of the molecule is C#CCC1CCCCCC1=O. The number of hydrogen-bond donors (Lipinski definition) is 0. The normalized spacial score (nSPS) is 25.7. The summed E-state index contributed by atoms with van der Waals surface area (Å²) in [5, 5.41) is 0. The number of rotatable bonds is 1. The van der Waals surface area contributed by atoms with Gasteiger partial charge in [-0.3, -0.25) is 4.79 Å². The van der Waals surface area contributed by atoms with E-state index >= 15 is 0 Å². The van der Waals surface area contributed by atoms with Crippen molar-refractivity contribution in [3.8, 4) is 12.3 Å². The van der Waals surface area contributed by atoms with Crippen LogP contribution < -0.4 is 0 Å². The number of carbonyl (C=O) groups excluding carboxylic acids is 1. The van der Waals surface area contributed by atoms with Crippen LogP contribution >= 0.6 is 0 Å². The minimum absolute atomic E-state index is 0.183. The average molecular weight is 150 g/mol. The maximum atomic E-state index is 11.3. The second kappa shape index (κ2) is 4.18. The van der Waals surface area contributed by atoms with Gasteiger partial charge in [0.2, 0.25) is 0 Å². The Hall–Kier alpha value is -0.770. The third-order valence-electron chi connectivity index (χ3n) is 2.30. The highest BCUT2D eigenvalue weighted by molar-refractivity contribution is 5.81. The molecule has 60 valence electrons. The molecular formula is C10H14O. The van der Waals surface area contributed by atoms with Gasteiger partial charge in [-0.05, 0) is 12.8 Å². The van der Waals surface area contributed by atoms with Crippen molar-refractivity contribution in [3.63, 3.8) is 0 Å². The summed E-state index contributed by atoms with van der Waals surface area (Å²) in [6.45, 7) is 0. The van der Waals surface area contributed by atoms with Gasteiger partial charge in [-0.1, -0.05) is 12.8 Å². The molecular weight excluding hydrogens is 136 g/mol. The Kier molecular flexibility index (Phi) is 3.16. The maximum Gasteiger partial charge on any atom is 0.136 e. The lowest BCUT2D eigenvalue weighted by Gasteiger charge is -2.07. The Morgan fingerprint density at radius 3 is 3.00 bits per heavy atom. The molecule has 0 aromatic heterocycles. The van der Waals surface area contributed by atoms with Crippen molar-refractivity contribution in [1.29, 1.82) is 0 Å². The minimum Gasteiger partial charge on any atom is -0.299 e. The largest absolute Gasteiger partial charge is 0.299 e. The number of carbonyl (C=O) groups is 1. The topological polar surface area (TPSA) is 17.1 Å². The van der Waals surface area contributed by atoms with E-state index in [1.54, 1.807) is 0 Å². The number of hydrogen-bond acceptors (Lipinski definition) is 1. The summed E-state index contributed by atoms with van der Waals surface area (Å²) < 4.78 is 0. The van der Waals surface area contributed by atoms with Crippen LogP contribution in [-0.4, -0.2) is 5.78 Å². The molecule has 0 N–H and O–H groups in total. The minimum atomic E-state index is 0.183. The van der Waals surface area contributed by atoms with Crippen molar-refractivity contribution < 1.29 is 4.79 Å². The summed E-state index contributed by atoms with van der Waals surface area (Å²) in [7, 11) is 0. The van der Waals surface area contributed by atoms with Crippen LogP contribution in [0, 0.1) is 18.3 Å². The zero-order valence-corrected chi connectivity index (χ0v) is 6.81. The van der Waals surface area contributed by atoms with Crippen LogP contribution in [-0.2, 0) is 4.79 Å². The zero-order valence-electron chi connectivity index (χ0n) is 6.81. The molecule has 1 aliphatic carbocycles. The second-order valence-electron chi connectivity index (χ2n) is 3.17. The average Bonchev–Trinajstić information content (AvgIpc) is 2.18. The second-order valence-corrected chi connectivity index (χ2v) is 3.17. The van der Waals surface area contributed by atoms with Crippen molar-refractivity contribution in [2.75, 3.05) is 0 Å². The van der Waals surface area contributed by atoms with Crippen molar-refractivity contribution in [2.45, 2.75) is 38.5 Å². The van der Waals surface area contributed by atoms with Gasteiger partial charge in [0.1, 0.15) is 5.78 Å². The Morgan fingerprint density at radius 2 is 2.27 bits per heavy atom. The van der Waals surface area contributed by atoms with Crippen LogP contribution in [0.5, 0.6) is 0 Å². The molecule has 0 heterocycles. The van der Waals surface area contributed by atoms with Gasteiger partial charge in [-0.2, -0.15) is 0 Å². The smallest absolute Gasteiger partial charge is 0.136 e. The predicted octanol–water partition coefficient (Wildman–Crippen LogP) is 2.16. The standard InChI is InChI=1S/C10H14O/c1-2-6-9-7-4-3-5-8-10(9)11/h1,9H,3-8H2. The van der Waals surface area contributed by atoms with Crippen LogP contribution in [0.1, 0.15) is 38.5 Å². The van der Waals surface area contributed by atoms with E-state index in [0.29, 0.717) is 12.2 Å². The number of Topliss-reactive ketones (excluding diaryl/α,β-unsaturated/α-hetero) is 1. The molecule has 0 radical (unpaired) electrons. The summed E-state index contributed by atoms with van der Waals surface area (Å²) in [6, 6.07) is 0. The molecule has 0 saturated heterocycles. The quantitative estimate of drug-likeness (QED) is 0.413. The highest BCUT2D eigenvalue weighted by atomic mass is 16.1. The summed E-state index contributed by atoms with van der Waals surface area (Å²) in [5.74, 6) is 3.15. The number of ketones is 1. The fraction of sp³-hybridized carbons (Fsp3) is 0.700. The van der Waals surface area contributed by atoms with E-state index < -0.39 is 0 Å². The monoisotopic (exact) mass is 150 g/mol. The van der Waals surface area contributed by atoms with E-state index in [-0.39, 0.29) is 5.92 Å². The lowest BCUT2D eigenvalue weighted by molar-refractivity contribution is -0.122. The van der Waals surface area contributed by atoms with Gasteiger partial charge in [0.05, 0.1) is 0 Å². The molecule has 1 aliphatic rings. The van der Waals surface area contributed by atoms with Gasteiger partial charge in [-0.15, -0.1) is 12.3 Å². The Labute approximate surface area is 68.2 Å². The summed E-state index contributed by atoms with van der Waals surface area (Å²) in [4.78, 5) is 11.3. The first-order valence-corrected chi connectivity index (χ1v) is 4.31.